The summed E-state index contributed by atoms with van der Waals surface area (Å²) in [5.74, 6) is -0.685. The average Bonchev–Trinajstić information content (AvgIpc) is 3.63. The lowest BCUT2D eigenvalue weighted by Crippen LogP contribution is -2.49. The molecule has 1 saturated heterocycles. The van der Waals surface area contributed by atoms with Crippen molar-refractivity contribution in [1.82, 2.24) is 4.98 Å². The molecule has 4 rings (SSSR count). The quantitative estimate of drug-likeness (QED) is 0.543. The topological polar surface area (TPSA) is 87.1 Å². The van der Waals surface area contributed by atoms with Crippen molar-refractivity contribution in [3.63, 3.8) is 0 Å². The predicted molar refractivity (Wildman–Crippen MR) is 115 cm³/mol. The van der Waals surface area contributed by atoms with E-state index in [0.29, 0.717) is 16.9 Å². The molecule has 1 aromatic carbocycles. The van der Waals surface area contributed by atoms with Gasteiger partial charge in [0, 0.05) is 24.6 Å². The fraction of sp³-hybridized carbons (Fsp3) is 0.500. The Labute approximate surface area is 190 Å². The summed E-state index contributed by atoms with van der Waals surface area (Å²) in [4.78, 5) is 16.1. The molecule has 0 amide bonds. The summed E-state index contributed by atoms with van der Waals surface area (Å²) >= 11 is 0. The van der Waals surface area contributed by atoms with Crippen molar-refractivity contribution in [1.29, 1.82) is 0 Å². The molecule has 0 unspecified atom stereocenters. The molecule has 0 radical (unpaired) electrons. The van der Waals surface area contributed by atoms with Gasteiger partial charge in [0.2, 0.25) is 5.60 Å². The Hall–Kier alpha value is -2.78. The third-order valence-corrected chi connectivity index (χ3v) is 5.84. The maximum atomic E-state index is 14.0. The van der Waals surface area contributed by atoms with Crippen molar-refractivity contribution >= 4 is 5.97 Å². The normalized spacial score (nSPS) is 17.7. The van der Waals surface area contributed by atoms with E-state index in [1.807, 2.05) is 0 Å². The number of aromatic nitrogens is 1. The lowest BCUT2D eigenvalue weighted by molar-refractivity contribution is -0.163. The van der Waals surface area contributed by atoms with Crippen molar-refractivity contribution in [3.8, 4) is 22.6 Å². The van der Waals surface area contributed by atoms with Crippen LogP contribution in [-0.4, -0.2) is 47.6 Å². The Balaban J connectivity index is 1.73. The number of carboxylic acid groups (broad SMARTS) is 1. The first kappa shape index (κ1) is 23.4. The number of benzene rings is 1. The van der Waals surface area contributed by atoms with Crippen LogP contribution in [0.2, 0.25) is 0 Å². The highest BCUT2D eigenvalue weighted by molar-refractivity contribution is 5.78. The van der Waals surface area contributed by atoms with Crippen molar-refractivity contribution in [3.05, 3.63) is 41.7 Å². The monoisotopic (exact) mass is 463 g/mol. The number of hydrogen-bond acceptors (Lipinski definition) is 6. The van der Waals surface area contributed by atoms with Gasteiger partial charge in [-0.2, -0.15) is 0 Å². The summed E-state index contributed by atoms with van der Waals surface area (Å²) in [5.41, 5.74) is -0.248. The fourth-order valence-electron chi connectivity index (χ4n) is 3.91. The Morgan fingerprint density at radius 2 is 2.00 bits per heavy atom. The smallest absolute Gasteiger partial charge is 0.348 e. The number of hydrogen-bond donors (Lipinski definition) is 1. The van der Waals surface area contributed by atoms with Crippen LogP contribution in [0, 0.1) is 0 Å². The summed E-state index contributed by atoms with van der Waals surface area (Å²) in [7, 11) is 0. The van der Waals surface area contributed by atoms with E-state index in [4.69, 9.17) is 18.9 Å². The van der Waals surface area contributed by atoms with E-state index < -0.39 is 18.0 Å². The molecule has 2 heterocycles. The Morgan fingerprint density at radius 1 is 1.24 bits per heavy atom. The second kappa shape index (κ2) is 10.0. The predicted octanol–water partition coefficient (Wildman–Crippen LogP) is 4.78. The maximum absolute atomic E-state index is 14.0. The molecule has 2 aromatic rings. The molecule has 178 valence electrons. The van der Waals surface area contributed by atoms with Crippen molar-refractivity contribution in [2.75, 3.05) is 19.8 Å². The fourth-order valence-corrected chi connectivity index (χ4v) is 3.91. The first-order valence-corrected chi connectivity index (χ1v) is 11.1. The number of rotatable bonds is 10. The molecule has 1 aliphatic carbocycles. The van der Waals surface area contributed by atoms with E-state index >= 15 is 0 Å². The highest BCUT2D eigenvalue weighted by atomic mass is 19.3. The molecule has 2 aliphatic rings. The molecule has 2 fully saturated rings. The third-order valence-electron chi connectivity index (χ3n) is 5.84. The first-order valence-electron chi connectivity index (χ1n) is 11.1. The average molecular weight is 463 g/mol. The van der Waals surface area contributed by atoms with Crippen LogP contribution in [0.3, 0.4) is 0 Å². The molecule has 0 spiro atoms. The van der Waals surface area contributed by atoms with Gasteiger partial charge in [-0.15, -0.1) is 0 Å². The summed E-state index contributed by atoms with van der Waals surface area (Å²) in [6.45, 7) is 2.71. The SMILES string of the molecule is CCOc1cncc(-c2ccc(OC3(C(=O)O)CCOCC3)cc2COC2CC2)c1C(F)F. The van der Waals surface area contributed by atoms with Gasteiger partial charge in [-0.25, -0.2) is 13.6 Å². The van der Waals surface area contributed by atoms with Crippen LogP contribution in [0.15, 0.2) is 30.6 Å². The highest BCUT2D eigenvalue weighted by Gasteiger charge is 2.43. The van der Waals surface area contributed by atoms with Gasteiger partial charge in [0.05, 0.1) is 44.3 Å². The van der Waals surface area contributed by atoms with Crippen LogP contribution < -0.4 is 9.47 Å². The van der Waals surface area contributed by atoms with E-state index in [1.54, 1.807) is 25.1 Å². The standard InChI is InChI=1S/C24H27F2NO6/c1-2-31-20-13-27-12-19(21(20)22(25)26)18-6-5-17(11-15(18)14-32-16-3-4-16)33-24(23(28)29)7-9-30-10-8-24/h5-6,11-13,16,22H,2-4,7-10,14H2,1H3,(H,28,29). The van der Waals surface area contributed by atoms with Crippen LogP contribution in [-0.2, 0) is 20.9 Å². The number of carboxylic acids is 1. The zero-order chi connectivity index (χ0) is 23.4. The zero-order valence-corrected chi connectivity index (χ0v) is 18.4. The van der Waals surface area contributed by atoms with Gasteiger partial charge < -0.3 is 24.1 Å². The molecular weight excluding hydrogens is 436 g/mol. The Bertz CT molecular complexity index is 989. The Kier molecular flexibility index (Phi) is 7.09. The van der Waals surface area contributed by atoms with E-state index in [1.165, 1.54) is 12.4 Å². The first-order chi connectivity index (χ1) is 15.9. The molecule has 33 heavy (non-hydrogen) atoms. The molecule has 1 aliphatic heterocycles. The summed E-state index contributed by atoms with van der Waals surface area (Å²) in [5, 5.41) is 9.80. The summed E-state index contributed by atoms with van der Waals surface area (Å²) < 4.78 is 50.6. The molecule has 7 nitrogen and oxygen atoms in total. The van der Waals surface area contributed by atoms with Gasteiger partial charge in [-0.3, -0.25) is 4.98 Å². The van der Waals surface area contributed by atoms with E-state index in [2.05, 4.69) is 4.98 Å². The van der Waals surface area contributed by atoms with Gasteiger partial charge >= 0.3 is 5.97 Å². The molecular formula is C24H27F2NO6. The van der Waals surface area contributed by atoms with E-state index in [9.17, 15) is 18.7 Å². The van der Waals surface area contributed by atoms with Crippen LogP contribution >= 0.6 is 0 Å². The number of nitrogens with zero attached hydrogens (tertiary/aromatic N) is 1. The third kappa shape index (κ3) is 5.25. The number of aliphatic carboxylic acids is 1. The van der Waals surface area contributed by atoms with Gasteiger partial charge in [-0.05, 0) is 43.0 Å². The van der Waals surface area contributed by atoms with Crippen LogP contribution in [0.4, 0.5) is 8.78 Å². The largest absolute Gasteiger partial charge is 0.492 e. The van der Waals surface area contributed by atoms with E-state index in [0.717, 1.165) is 12.8 Å². The van der Waals surface area contributed by atoms with Crippen LogP contribution in [0.1, 0.15) is 50.2 Å². The number of alkyl halides is 2. The minimum Gasteiger partial charge on any atom is -0.492 e. The van der Waals surface area contributed by atoms with Gasteiger partial charge in [-0.1, -0.05) is 6.07 Å². The highest BCUT2D eigenvalue weighted by Crippen LogP contribution is 2.40. The second-order valence-corrected chi connectivity index (χ2v) is 8.18. The van der Waals surface area contributed by atoms with Crippen LogP contribution in [0.5, 0.6) is 11.5 Å². The summed E-state index contributed by atoms with van der Waals surface area (Å²) in [6.07, 6.45) is 2.39. The lowest BCUT2D eigenvalue weighted by Gasteiger charge is -2.33. The molecule has 0 bridgehead atoms. The van der Waals surface area contributed by atoms with Crippen molar-refractivity contribution < 1.29 is 37.6 Å². The van der Waals surface area contributed by atoms with E-state index in [-0.39, 0.29) is 62.2 Å². The minimum atomic E-state index is -2.77. The zero-order valence-electron chi connectivity index (χ0n) is 18.4. The van der Waals surface area contributed by atoms with Gasteiger partial charge in [0.15, 0.2) is 0 Å². The molecule has 1 N–H and O–H groups in total. The molecule has 0 atom stereocenters. The molecule has 9 heteroatoms. The lowest BCUT2D eigenvalue weighted by atomic mass is 9.93. The van der Waals surface area contributed by atoms with Crippen molar-refractivity contribution in [2.24, 2.45) is 0 Å². The maximum Gasteiger partial charge on any atom is 0.348 e. The summed E-state index contributed by atoms with van der Waals surface area (Å²) in [6, 6.07) is 4.91. The van der Waals surface area contributed by atoms with Gasteiger partial charge in [0.25, 0.3) is 6.43 Å². The van der Waals surface area contributed by atoms with Crippen molar-refractivity contribution in [2.45, 2.75) is 57.3 Å². The number of ether oxygens (including phenoxy) is 4. The van der Waals surface area contributed by atoms with Crippen LogP contribution in [0.25, 0.3) is 11.1 Å². The second-order valence-electron chi connectivity index (χ2n) is 8.18. The Morgan fingerprint density at radius 3 is 2.64 bits per heavy atom. The minimum absolute atomic E-state index is 0.0337. The van der Waals surface area contributed by atoms with Gasteiger partial charge in [0.1, 0.15) is 11.5 Å². The number of halogens is 2. The molecule has 1 saturated carbocycles. The number of carbonyl (C=O) groups is 1. The number of pyridine rings is 1. The molecule has 1 aromatic heterocycles.